The second kappa shape index (κ2) is 8.63. The molecule has 0 saturated carbocycles. The van der Waals surface area contributed by atoms with E-state index in [4.69, 9.17) is 4.74 Å². The molecular weight excluding hydrogens is 320 g/mol. The maximum absolute atomic E-state index is 12.0. The summed E-state index contributed by atoms with van der Waals surface area (Å²) in [4.78, 5) is 35.7. The first-order chi connectivity index (χ1) is 12.0. The van der Waals surface area contributed by atoms with E-state index in [9.17, 15) is 14.4 Å². The molecule has 2 aromatic rings. The van der Waals surface area contributed by atoms with E-state index in [0.717, 1.165) is 11.1 Å². The van der Waals surface area contributed by atoms with Gasteiger partial charge in [-0.15, -0.1) is 0 Å². The molecule has 0 aliphatic carbocycles. The molecule has 2 aromatic carbocycles. The minimum absolute atomic E-state index is 0.0699. The summed E-state index contributed by atoms with van der Waals surface area (Å²) in [6, 6.07) is 15.5. The molecule has 0 spiro atoms. The van der Waals surface area contributed by atoms with Gasteiger partial charge in [0, 0.05) is 5.69 Å². The molecule has 0 radical (unpaired) electrons. The monoisotopic (exact) mass is 340 g/mol. The molecule has 3 amide bonds. The van der Waals surface area contributed by atoms with Crippen molar-refractivity contribution < 1.29 is 19.1 Å². The smallest absolute Gasteiger partial charge is 0.325 e. The number of carbonyl (C=O) groups is 3. The van der Waals surface area contributed by atoms with Crippen LogP contribution >= 0.6 is 0 Å². The Hall–Kier alpha value is -3.15. The van der Waals surface area contributed by atoms with E-state index in [1.54, 1.807) is 24.3 Å². The molecule has 0 fully saturated rings. The number of benzene rings is 2. The van der Waals surface area contributed by atoms with Crippen molar-refractivity contribution in [1.82, 2.24) is 5.32 Å². The minimum atomic E-state index is -1.07. The van der Waals surface area contributed by atoms with Gasteiger partial charge in [-0.2, -0.15) is 0 Å². The van der Waals surface area contributed by atoms with Crippen molar-refractivity contribution in [2.75, 3.05) is 5.32 Å². The number of hydrogen-bond donors (Lipinski definition) is 2. The quantitative estimate of drug-likeness (QED) is 0.820. The van der Waals surface area contributed by atoms with Crippen LogP contribution < -0.4 is 10.6 Å². The summed E-state index contributed by atoms with van der Waals surface area (Å²) >= 11 is 0. The van der Waals surface area contributed by atoms with Crippen molar-refractivity contribution in [2.45, 2.75) is 26.4 Å². The molecule has 1 atom stereocenters. The predicted molar refractivity (Wildman–Crippen MR) is 94.0 cm³/mol. The fourth-order valence-corrected chi connectivity index (χ4v) is 2.15. The summed E-state index contributed by atoms with van der Waals surface area (Å²) in [6.45, 7) is 3.31. The average molecular weight is 340 g/mol. The van der Waals surface area contributed by atoms with Crippen molar-refractivity contribution in [3.05, 3.63) is 65.7 Å². The second-order valence-electron chi connectivity index (χ2n) is 5.54. The van der Waals surface area contributed by atoms with E-state index < -0.39 is 24.0 Å². The number of ether oxygens (including phenoxy) is 1. The third-order valence-electron chi connectivity index (χ3n) is 3.54. The summed E-state index contributed by atoms with van der Waals surface area (Å²) in [7, 11) is 0. The lowest BCUT2D eigenvalue weighted by Crippen LogP contribution is -2.41. The first-order valence-electron chi connectivity index (χ1n) is 7.86. The summed E-state index contributed by atoms with van der Waals surface area (Å²) in [5.74, 6) is -1.22. The van der Waals surface area contributed by atoms with Crippen molar-refractivity contribution in [3.63, 3.8) is 0 Å². The van der Waals surface area contributed by atoms with Crippen molar-refractivity contribution in [2.24, 2.45) is 0 Å². The van der Waals surface area contributed by atoms with E-state index in [2.05, 4.69) is 10.6 Å². The average Bonchev–Trinajstić information content (AvgIpc) is 2.57. The molecule has 25 heavy (non-hydrogen) atoms. The van der Waals surface area contributed by atoms with Crippen LogP contribution in [0.15, 0.2) is 54.6 Å². The Balaban J connectivity index is 1.82. The first kappa shape index (κ1) is 18.2. The summed E-state index contributed by atoms with van der Waals surface area (Å²) in [6.07, 6.45) is -1.00. The van der Waals surface area contributed by atoms with Crippen LogP contribution in [-0.2, 0) is 20.7 Å². The van der Waals surface area contributed by atoms with E-state index in [1.165, 1.54) is 6.92 Å². The zero-order valence-electron chi connectivity index (χ0n) is 14.1. The van der Waals surface area contributed by atoms with Gasteiger partial charge < -0.3 is 10.1 Å². The number of hydrogen-bond acceptors (Lipinski definition) is 4. The lowest BCUT2D eigenvalue weighted by Gasteiger charge is -2.14. The summed E-state index contributed by atoms with van der Waals surface area (Å²) in [5, 5.41) is 4.66. The van der Waals surface area contributed by atoms with Gasteiger partial charge in [-0.05, 0) is 37.1 Å². The largest absolute Gasteiger partial charge is 0.452 e. The Bertz CT molecular complexity index is 759. The van der Waals surface area contributed by atoms with Crippen LogP contribution in [0.1, 0.15) is 18.1 Å². The van der Waals surface area contributed by atoms with Gasteiger partial charge in [0.05, 0.1) is 6.42 Å². The molecule has 0 bridgehead atoms. The molecule has 0 aliphatic heterocycles. The minimum Gasteiger partial charge on any atom is -0.452 e. The Morgan fingerprint density at radius 1 is 1.00 bits per heavy atom. The third kappa shape index (κ3) is 5.76. The van der Waals surface area contributed by atoms with E-state index in [1.807, 2.05) is 37.3 Å². The fourth-order valence-electron chi connectivity index (χ4n) is 2.15. The number of imide groups is 1. The highest BCUT2D eigenvalue weighted by atomic mass is 16.5. The van der Waals surface area contributed by atoms with Crippen LogP contribution in [0.2, 0.25) is 0 Å². The molecule has 0 aliphatic rings. The van der Waals surface area contributed by atoms with Gasteiger partial charge in [0.1, 0.15) is 0 Å². The summed E-state index contributed by atoms with van der Waals surface area (Å²) in [5.41, 5.74) is 2.36. The highest BCUT2D eigenvalue weighted by molar-refractivity contribution is 6.02. The molecular formula is C19H20N2O4. The van der Waals surface area contributed by atoms with Gasteiger partial charge in [0.15, 0.2) is 6.10 Å². The molecule has 0 saturated heterocycles. The molecule has 130 valence electrons. The van der Waals surface area contributed by atoms with Gasteiger partial charge in [-0.25, -0.2) is 4.79 Å². The molecule has 6 heteroatoms. The highest BCUT2D eigenvalue weighted by Gasteiger charge is 2.20. The number of carbonyl (C=O) groups excluding carboxylic acids is 3. The third-order valence-corrected chi connectivity index (χ3v) is 3.54. The van der Waals surface area contributed by atoms with Gasteiger partial charge in [-0.3, -0.25) is 14.9 Å². The van der Waals surface area contributed by atoms with Crippen LogP contribution in [0.5, 0.6) is 0 Å². The molecule has 2 rings (SSSR count). The number of amides is 3. The van der Waals surface area contributed by atoms with Crippen molar-refractivity contribution in [1.29, 1.82) is 0 Å². The molecule has 6 nitrogen and oxygen atoms in total. The normalized spacial score (nSPS) is 11.3. The lowest BCUT2D eigenvalue weighted by atomic mass is 10.1. The maximum Gasteiger partial charge on any atom is 0.325 e. The molecule has 0 aromatic heterocycles. The molecule has 1 unspecified atom stereocenters. The van der Waals surface area contributed by atoms with Gasteiger partial charge in [-0.1, -0.05) is 42.5 Å². The zero-order valence-corrected chi connectivity index (χ0v) is 14.1. The maximum atomic E-state index is 12.0. The predicted octanol–water partition coefficient (Wildman–Crippen LogP) is 2.82. The van der Waals surface area contributed by atoms with E-state index in [0.29, 0.717) is 5.69 Å². The lowest BCUT2D eigenvalue weighted by molar-refractivity contribution is -0.153. The molecule has 0 heterocycles. The first-order valence-corrected chi connectivity index (χ1v) is 7.86. The standard InChI is InChI=1S/C19H20N2O4/c1-13-8-6-7-9-15(13)12-17(22)25-14(2)18(23)21-19(24)20-16-10-4-3-5-11-16/h3-11,14H,12H2,1-2H3,(H2,20,21,23,24). The number of urea groups is 1. The zero-order chi connectivity index (χ0) is 18.2. The number of para-hydroxylation sites is 1. The number of rotatable bonds is 5. The Kier molecular flexibility index (Phi) is 6.28. The SMILES string of the molecule is Cc1ccccc1CC(=O)OC(C)C(=O)NC(=O)Nc1ccccc1. The van der Waals surface area contributed by atoms with Crippen molar-refractivity contribution >= 4 is 23.6 Å². The van der Waals surface area contributed by atoms with Crippen LogP contribution in [0.25, 0.3) is 0 Å². The fraction of sp³-hybridized carbons (Fsp3) is 0.211. The van der Waals surface area contributed by atoms with E-state index >= 15 is 0 Å². The van der Waals surface area contributed by atoms with Crippen molar-refractivity contribution in [3.8, 4) is 0 Å². The van der Waals surface area contributed by atoms with Crippen LogP contribution in [0.3, 0.4) is 0 Å². The molecule has 2 N–H and O–H groups in total. The van der Waals surface area contributed by atoms with Gasteiger partial charge in [0.25, 0.3) is 5.91 Å². The van der Waals surface area contributed by atoms with Crippen LogP contribution in [-0.4, -0.2) is 24.0 Å². The Morgan fingerprint density at radius 2 is 1.64 bits per heavy atom. The van der Waals surface area contributed by atoms with Crippen LogP contribution in [0, 0.1) is 6.92 Å². The number of anilines is 1. The topological polar surface area (TPSA) is 84.5 Å². The summed E-state index contributed by atoms with van der Waals surface area (Å²) < 4.78 is 5.09. The van der Waals surface area contributed by atoms with Gasteiger partial charge >= 0.3 is 12.0 Å². The second-order valence-corrected chi connectivity index (χ2v) is 5.54. The van der Waals surface area contributed by atoms with Crippen LogP contribution in [0.4, 0.5) is 10.5 Å². The number of aryl methyl sites for hydroxylation is 1. The number of nitrogens with one attached hydrogen (secondary N) is 2. The Morgan fingerprint density at radius 3 is 2.32 bits per heavy atom. The van der Waals surface area contributed by atoms with Gasteiger partial charge in [0.2, 0.25) is 0 Å². The highest BCUT2D eigenvalue weighted by Crippen LogP contribution is 2.09. The number of esters is 1. The van der Waals surface area contributed by atoms with E-state index in [-0.39, 0.29) is 6.42 Å². The Labute approximate surface area is 146 Å².